The second kappa shape index (κ2) is 4.89. The molecule has 0 radical (unpaired) electrons. The molecule has 0 bridgehead atoms. The van der Waals surface area contributed by atoms with Crippen molar-refractivity contribution in [3.63, 3.8) is 0 Å². The molecule has 0 aliphatic rings. The molecule has 0 aliphatic carbocycles. The molecule has 0 aliphatic heterocycles. The van der Waals surface area contributed by atoms with Crippen molar-refractivity contribution in [2.24, 2.45) is 0 Å². The first kappa shape index (κ1) is 10.1. The smallest absolute Gasteiger partial charge is 0.223 e. The molecule has 0 saturated heterocycles. The van der Waals surface area contributed by atoms with Crippen LogP contribution in [-0.4, -0.2) is 9.97 Å². The summed E-state index contributed by atoms with van der Waals surface area (Å²) in [4.78, 5) is 8.04. The van der Waals surface area contributed by atoms with E-state index in [0.29, 0.717) is 5.95 Å². The van der Waals surface area contributed by atoms with Gasteiger partial charge in [0.1, 0.15) is 6.04 Å². The van der Waals surface area contributed by atoms with Crippen molar-refractivity contribution >= 4 is 5.95 Å². The van der Waals surface area contributed by atoms with Gasteiger partial charge in [0.05, 0.1) is 6.07 Å². The highest BCUT2D eigenvalue weighted by molar-refractivity contribution is 5.35. The van der Waals surface area contributed by atoms with E-state index in [2.05, 4.69) is 21.4 Å². The molecule has 78 valence electrons. The van der Waals surface area contributed by atoms with Crippen molar-refractivity contribution in [3.8, 4) is 6.07 Å². The number of hydrogen-bond donors (Lipinski definition) is 1. The molecule has 2 rings (SSSR count). The highest BCUT2D eigenvalue weighted by Crippen LogP contribution is 2.15. The van der Waals surface area contributed by atoms with E-state index in [1.165, 1.54) is 0 Å². The molecule has 4 nitrogen and oxygen atoms in total. The van der Waals surface area contributed by atoms with E-state index in [0.717, 1.165) is 5.56 Å². The van der Waals surface area contributed by atoms with Crippen LogP contribution in [0.4, 0.5) is 5.95 Å². The molecule has 0 fully saturated rings. The second-order valence-corrected chi connectivity index (χ2v) is 3.19. The van der Waals surface area contributed by atoms with E-state index >= 15 is 0 Å². The van der Waals surface area contributed by atoms with Crippen LogP contribution in [0, 0.1) is 11.3 Å². The minimum absolute atomic E-state index is 0.427. The summed E-state index contributed by atoms with van der Waals surface area (Å²) in [6.45, 7) is 0. The van der Waals surface area contributed by atoms with Gasteiger partial charge in [0, 0.05) is 12.4 Å². The molecule has 1 unspecified atom stereocenters. The molecule has 16 heavy (non-hydrogen) atoms. The minimum atomic E-state index is -0.427. The quantitative estimate of drug-likeness (QED) is 0.843. The Labute approximate surface area is 93.6 Å². The summed E-state index contributed by atoms with van der Waals surface area (Å²) in [5.41, 5.74) is 0.900. The third kappa shape index (κ3) is 2.34. The number of aromatic nitrogens is 2. The first-order valence-electron chi connectivity index (χ1n) is 4.88. The monoisotopic (exact) mass is 210 g/mol. The van der Waals surface area contributed by atoms with Crippen molar-refractivity contribution in [2.45, 2.75) is 6.04 Å². The molecular weight excluding hydrogens is 200 g/mol. The van der Waals surface area contributed by atoms with Gasteiger partial charge in [-0.1, -0.05) is 30.3 Å². The summed E-state index contributed by atoms with van der Waals surface area (Å²) in [7, 11) is 0. The Balaban J connectivity index is 2.17. The van der Waals surface area contributed by atoms with Gasteiger partial charge >= 0.3 is 0 Å². The van der Waals surface area contributed by atoms with Crippen LogP contribution in [0.1, 0.15) is 11.6 Å². The van der Waals surface area contributed by atoms with Crippen LogP contribution < -0.4 is 5.32 Å². The maximum absolute atomic E-state index is 9.07. The SMILES string of the molecule is N#CC(Nc1ncccn1)c1ccccc1. The molecule has 1 N–H and O–H groups in total. The summed E-state index contributed by atoms with van der Waals surface area (Å²) in [5.74, 6) is 0.456. The van der Waals surface area contributed by atoms with E-state index in [9.17, 15) is 0 Å². The zero-order valence-electron chi connectivity index (χ0n) is 8.54. The third-order valence-electron chi connectivity index (χ3n) is 2.10. The fourth-order valence-corrected chi connectivity index (χ4v) is 1.34. The van der Waals surface area contributed by atoms with Gasteiger partial charge in [-0.3, -0.25) is 0 Å². The Bertz CT molecular complexity index is 475. The highest BCUT2D eigenvalue weighted by Gasteiger charge is 2.10. The molecule has 1 atom stereocenters. The lowest BCUT2D eigenvalue weighted by atomic mass is 10.1. The molecule has 0 spiro atoms. The predicted octanol–water partition coefficient (Wildman–Crippen LogP) is 2.15. The normalized spacial score (nSPS) is 11.4. The van der Waals surface area contributed by atoms with Gasteiger partial charge in [0.2, 0.25) is 5.95 Å². The van der Waals surface area contributed by atoms with Gasteiger partial charge in [-0.2, -0.15) is 5.26 Å². The van der Waals surface area contributed by atoms with Crippen LogP contribution >= 0.6 is 0 Å². The van der Waals surface area contributed by atoms with E-state index < -0.39 is 6.04 Å². The number of rotatable bonds is 3. The lowest BCUT2D eigenvalue weighted by Crippen LogP contribution is -2.10. The number of hydrogen-bond acceptors (Lipinski definition) is 4. The topological polar surface area (TPSA) is 61.6 Å². The fourth-order valence-electron chi connectivity index (χ4n) is 1.34. The standard InChI is InChI=1S/C12H10N4/c13-9-11(10-5-2-1-3-6-10)16-12-14-7-4-8-15-12/h1-8,11H,(H,14,15,16). The molecule has 1 aromatic carbocycles. The van der Waals surface area contributed by atoms with E-state index in [1.807, 2.05) is 30.3 Å². The van der Waals surface area contributed by atoms with Crippen LogP contribution in [0.5, 0.6) is 0 Å². The molecule has 4 heteroatoms. The first-order valence-corrected chi connectivity index (χ1v) is 4.88. The van der Waals surface area contributed by atoms with E-state index in [4.69, 9.17) is 5.26 Å². The minimum Gasteiger partial charge on any atom is -0.335 e. The summed E-state index contributed by atoms with van der Waals surface area (Å²) >= 11 is 0. The van der Waals surface area contributed by atoms with Crippen LogP contribution in [0.2, 0.25) is 0 Å². The average molecular weight is 210 g/mol. The van der Waals surface area contributed by atoms with E-state index in [-0.39, 0.29) is 0 Å². The number of anilines is 1. The number of nitriles is 1. The fraction of sp³-hybridized carbons (Fsp3) is 0.0833. The molecule has 1 aromatic heterocycles. The summed E-state index contributed by atoms with van der Waals surface area (Å²) in [6, 6.07) is 13.0. The lowest BCUT2D eigenvalue weighted by Gasteiger charge is -2.10. The Kier molecular flexibility index (Phi) is 3.10. The van der Waals surface area contributed by atoms with Crippen LogP contribution in [0.25, 0.3) is 0 Å². The van der Waals surface area contributed by atoms with Gasteiger partial charge in [-0.15, -0.1) is 0 Å². The Morgan fingerprint density at radius 3 is 2.38 bits per heavy atom. The number of benzene rings is 1. The first-order chi connectivity index (χ1) is 7.90. The molecule has 0 amide bonds. The van der Waals surface area contributed by atoms with Crippen molar-refractivity contribution in [3.05, 3.63) is 54.4 Å². The van der Waals surface area contributed by atoms with Gasteiger partial charge < -0.3 is 5.32 Å². The van der Waals surface area contributed by atoms with Crippen molar-refractivity contribution in [1.82, 2.24) is 9.97 Å². The second-order valence-electron chi connectivity index (χ2n) is 3.19. The Morgan fingerprint density at radius 1 is 1.06 bits per heavy atom. The van der Waals surface area contributed by atoms with Crippen LogP contribution in [-0.2, 0) is 0 Å². The van der Waals surface area contributed by atoms with Crippen LogP contribution in [0.3, 0.4) is 0 Å². The summed E-state index contributed by atoms with van der Waals surface area (Å²) < 4.78 is 0. The molecule has 0 saturated carbocycles. The highest BCUT2D eigenvalue weighted by atomic mass is 15.1. The summed E-state index contributed by atoms with van der Waals surface area (Å²) in [5, 5.41) is 12.0. The third-order valence-corrected chi connectivity index (χ3v) is 2.10. The Morgan fingerprint density at radius 2 is 1.75 bits per heavy atom. The number of nitrogens with zero attached hydrogens (tertiary/aromatic N) is 3. The van der Waals surface area contributed by atoms with Gasteiger partial charge in [-0.25, -0.2) is 9.97 Å². The van der Waals surface area contributed by atoms with Gasteiger partial charge in [0.25, 0.3) is 0 Å². The average Bonchev–Trinajstić information content (AvgIpc) is 2.38. The predicted molar refractivity (Wildman–Crippen MR) is 60.5 cm³/mol. The van der Waals surface area contributed by atoms with Gasteiger partial charge in [0.15, 0.2) is 0 Å². The Hall–Kier alpha value is -2.41. The van der Waals surface area contributed by atoms with Crippen molar-refractivity contribution in [1.29, 1.82) is 5.26 Å². The zero-order chi connectivity index (χ0) is 11.2. The van der Waals surface area contributed by atoms with Crippen LogP contribution in [0.15, 0.2) is 48.8 Å². The molecule has 2 aromatic rings. The van der Waals surface area contributed by atoms with Crippen molar-refractivity contribution < 1.29 is 0 Å². The van der Waals surface area contributed by atoms with Crippen molar-refractivity contribution in [2.75, 3.05) is 5.32 Å². The zero-order valence-corrected chi connectivity index (χ0v) is 8.54. The summed E-state index contributed by atoms with van der Waals surface area (Å²) in [6.07, 6.45) is 3.27. The molecular formula is C12H10N4. The number of nitrogens with one attached hydrogen (secondary N) is 1. The maximum Gasteiger partial charge on any atom is 0.223 e. The largest absolute Gasteiger partial charge is 0.335 e. The lowest BCUT2D eigenvalue weighted by molar-refractivity contribution is 0.955. The maximum atomic E-state index is 9.07. The molecule has 1 heterocycles. The van der Waals surface area contributed by atoms with Gasteiger partial charge in [-0.05, 0) is 11.6 Å². The van der Waals surface area contributed by atoms with E-state index in [1.54, 1.807) is 18.5 Å².